The second kappa shape index (κ2) is 8.68. The van der Waals surface area contributed by atoms with Crippen molar-refractivity contribution in [3.63, 3.8) is 0 Å². The van der Waals surface area contributed by atoms with Crippen LogP contribution in [0.25, 0.3) is 0 Å². The number of ether oxygens (including phenoxy) is 1. The molecule has 1 fully saturated rings. The molecule has 3 rings (SSSR count). The molecule has 0 spiro atoms. The van der Waals surface area contributed by atoms with Gasteiger partial charge in [0.05, 0.1) is 5.56 Å². The van der Waals surface area contributed by atoms with Gasteiger partial charge in [-0.1, -0.05) is 42.5 Å². The smallest absolute Gasteiger partial charge is 0.340 e. The Morgan fingerprint density at radius 1 is 1.00 bits per heavy atom. The average molecular weight is 367 g/mol. The summed E-state index contributed by atoms with van der Waals surface area (Å²) >= 11 is 0. The number of amides is 1. The number of para-hydroxylation sites is 1. The Labute approximate surface area is 159 Å². The number of aryl methyl sites for hydroxylation is 1. The van der Waals surface area contributed by atoms with E-state index in [4.69, 9.17) is 10.5 Å². The van der Waals surface area contributed by atoms with Crippen LogP contribution in [0.4, 0.5) is 5.69 Å². The van der Waals surface area contributed by atoms with Crippen molar-refractivity contribution in [1.82, 2.24) is 9.80 Å². The van der Waals surface area contributed by atoms with Crippen molar-refractivity contribution < 1.29 is 14.3 Å². The standard InChI is InChI=1S/C21H25N3O3/c1-16-6-5-9-18(20(16)22)21(26)27-15-19(25)24-12-10-23(11-13-24)14-17-7-3-2-4-8-17/h2-9H,10-15,22H2,1H3. The van der Waals surface area contributed by atoms with Gasteiger partial charge >= 0.3 is 5.97 Å². The van der Waals surface area contributed by atoms with Gasteiger partial charge in [0.15, 0.2) is 6.61 Å². The van der Waals surface area contributed by atoms with Crippen LogP contribution in [0.1, 0.15) is 21.5 Å². The third kappa shape index (κ3) is 4.86. The molecule has 2 aromatic rings. The predicted molar refractivity (Wildman–Crippen MR) is 104 cm³/mol. The van der Waals surface area contributed by atoms with Crippen LogP contribution in [0.3, 0.4) is 0 Å². The van der Waals surface area contributed by atoms with Crippen LogP contribution in [0, 0.1) is 6.92 Å². The Hall–Kier alpha value is -2.86. The van der Waals surface area contributed by atoms with E-state index in [0.29, 0.717) is 24.3 Å². The predicted octanol–water partition coefficient (Wildman–Crippen LogP) is 2.08. The fourth-order valence-corrected chi connectivity index (χ4v) is 3.15. The molecule has 1 saturated heterocycles. The zero-order valence-corrected chi connectivity index (χ0v) is 15.6. The zero-order valence-electron chi connectivity index (χ0n) is 15.6. The maximum absolute atomic E-state index is 12.3. The van der Waals surface area contributed by atoms with Crippen LogP contribution in [-0.4, -0.2) is 54.5 Å². The molecular weight excluding hydrogens is 342 g/mol. The molecule has 2 aromatic carbocycles. The van der Waals surface area contributed by atoms with Gasteiger partial charge in [-0.2, -0.15) is 0 Å². The molecule has 0 aromatic heterocycles. The molecule has 0 unspecified atom stereocenters. The highest BCUT2D eigenvalue weighted by Crippen LogP contribution is 2.17. The van der Waals surface area contributed by atoms with Gasteiger partial charge in [-0.3, -0.25) is 9.69 Å². The Morgan fingerprint density at radius 3 is 2.41 bits per heavy atom. The monoisotopic (exact) mass is 367 g/mol. The minimum atomic E-state index is -0.563. The Balaban J connectivity index is 1.45. The van der Waals surface area contributed by atoms with Gasteiger partial charge in [-0.25, -0.2) is 4.79 Å². The zero-order chi connectivity index (χ0) is 19.2. The van der Waals surface area contributed by atoms with E-state index in [-0.39, 0.29) is 12.5 Å². The second-order valence-electron chi connectivity index (χ2n) is 6.75. The summed E-state index contributed by atoms with van der Waals surface area (Å²) in [5.74, 6) is -0.735. The van der Waals surface area contributed by atoms with Crippen LogP contribution in [0.5, 0.6) is 0 Å². The van der Waals surface area contributed by atoms with Gasteiger partial charge in [0.2, 0.25) is 0 Å². The maximum Gasteiger partial charge on any atom is 0.340 e. The van der Waals surface area contributed by atoms with Crippen molar-refractivity contribution in [3.8, 4) is 0 Å². The summed E-state index contributed by atoms with van der Waals surface area (Å²) in [4.78, 5) is 28.6. The van der Waals surface area contributed by atoms with E-state index in [9.17, 15) is 9.59 Å². The van der Waals surface area contributed by atoms with E-state index in [1.54, 1.807) is 17.0 Å². The van der Waals surface area contributed by atoms with Crippen molar-refractivity contribution in [3.05, 3.63) is 65.2 Å². The van der Waals surface area contributed by atoms with Crippen LogP contribution >= 0.6 is 0 Å². The molecule has 0 bridgehead atoms. The highest BCUT2D eigenvalue weighted by molar-refractivity contribution is 5.96. The molecule has 6 nitrogen and oxygen atoms in total. The summed E-state index contributed by atoms with van der Waals surface area (Å²) in [5, 5.41) is 0. The van der Waals surface area contributed by atoms with Crippen molar-refractivity contribution >= 4 is 17.6 Å². The number of hydrogen-bond donors (Lipinski definition) is 1. The summed E-state index contributed by atoms with van der Waals surface area (Å²) in [5.41, 5.74) is 8.68. The lowest BCUT2D eigenvalue weighted by Crippen LogP contribution is -2.49. The Kier molecular flexibility index (Phi) is 6.08. The van der Waals surface area contributed by atoms with Crippen LogP contribution in [0.2, 0.25) is 0 Å². The number of benzene rings is 2. The highest BCUT2D eigenvalue weighted by Gasteiger charge is 2.22. The van der Waals surface area contributed by atoms with E-state index in [1.807, 2.05) is 31.2 Å². The first-order valence-corrected chi connectivity index (χ1v) is 9.11. The van der Waals surface area contributed by atoms with E-state index in [1.165, 1.54) is 5.56 Å². The third-order valence-corrected chi connectivity index (χ3v) is 4.84. The average Bonchev–Trinajstić information content (AvgIpc) is 2.69. The molecule has 1 aliphatic heterocycles. The Morgan fingerprint density at radius 2 is 1.70 bits per heavy atom. The molecule has 6 heteroatoms. The van der Waals surface area contributed by atoms with Crippen LogP contribution in [-0.2, 0) is 16.1 Å². The summed E-state index contributed by atoms with van der Waals surface area (Å²) in [7, 11) is 0. The van der Waals surface area contributed by atoms with Crippen molar-refractivity contribution in [2.45, 2.75) is 13.5 Å². The summed E-state index contributed by atoms with van der Waals surface area (Å²) in [6, 6.07) is 15.5. The summed E-state index contributed by atoms with van der Waals surface area (Å²) in [6.07, 6.45) is 0. The molecule has 27 heavy (non-hydrogen) atoms. The normalized spacial score (nSPS) is 14.8. The summed E-state index contributed by atoms with van der Waals surface area (Å²) < 4.78 is 5.18. The number of esters is 1. The molecule has 1 amide bonds. The fraction of sp³-hybridized carbons (Fsp3) is 0.333. The number of piperazine rings is 1. The molecule has 2 N–H and O–H groups in total. The molecular formula is C21H25N3O3. The quantitative estimate of drug-likeness (QED) is 0.647. The molecule has 1 heterocycles. The number of hydrogen-bond acceptors (Lipinski definition) is 5. The molecule has 0 atom stereocenters. The van der Waals surface area contributed by atoms with Crippen LogP contribution in [0.15, 0.2) is 48.5 Å². The van der Waals surface area contributed by atoms with Gasteiger partial charge < -0.3 is 15.4 Å². The second-order valence-corrected chi connectivity index (χ2v) is 6.75. The van der Waals surface area contributed by atoms with Crippen molar-refractivity contribution in [2.24, 2.45) is 0 Å². The number of rotatable bonds is 5. The lowest BCUT2D eigenvalue weighted by Gasteiger charge is -2.34. The maximum atomic E-state index is 12.3. The van der Waals surface area contributed by atoms with Gasteiger partial charge in [-0.05, 0) is 24.1 Å². The number of carbonyl (C=O) groups is 2. The van der Waals surface area contributed by atoms with E-state index in [2.05, 4.69) is 17.0 Å². The van der Waals surface area contributed by atoms with E-state index < -0.39 is 5.97 Å². The molecule has 0 saturated carbocycles. The lowest BCUT2D eigenvalue weighted by atomic mass is 10.1. The molecule has 0 aliphatic carbocycles. The minimum Gasteiger partial charge on any atom is -0.452 e. The van der Waals surface area contributed by atoms with Crippen LogP contribution < -0.4 is 5.73 Å². The summed E-state index contributed by atoms with van der Waals surface area (Å²) in [6.45, 7) is 5.33. The first kappa shape index (κ1) is 18.9. The van der Waals surface area contributed by atoms with Gasteiger partial charge in [0.25, 0.3) is 5.91 Å². The van der Waals surface area contributed by atoms with Gasteiger partial charge in [-0.15, -0.1) is 0 Å². The minimum absolute atomic E-state index is 0.172. The van der Waals surface area contributed by atoms with E-state index >= 15 is 0 Å². The first-order chi connectivity index (χ1) is 13.0. The third-order valence-electron chi connectivity index (χ3n) is 4.84. The number of carbonyl (C=O) groups excluding carboxylic acids is 2. The van der Waals surface area contributed by atoms with Crippen molar-refractivity contribution in [1.29, 1.82) is 0 Å². The van der Waals surface area contributed by atoms with Gasteiger partial charge in [0, 0.05) is 38.4 Å². The SMILES string of the molecule is Cc1cccc(C(=O)OCC(=O)N2CCN(Cc3ccccc3)CC2)c1N. The van der Waals surface area contributed by atoms with Gasteiger partial charge in [0.1, 0.15) is 0 Å². The number of anilines is 1. The highest BCUT2D eigenvalue weighted by atomic mass is 16.5. The van der Waals surface area contributed by atoms with E-state index in [0.717, 1.165) is 25.2 Å². The Bertz CT molecular complexity index is 800. The topological polar surface area (TPSA) is 75.9 Å². The first-order valence-electron chi connectivity index (χ1n) is 9.11. The molecule has 1 aliphatic rings. The number of nitrogens with zero attached hydrogens (tertiary/aromatic N) is 2. The lowest BCUT2D eigenvalue weighted by molar-refractivity contribution is -0.136. The molecule has 142 valence electrons. The fourth-order valence-electron chi connectivity index (χ4n) is 3.15. The van der Waals surface area contributed by atoms with Crippen molar-refractivity contribution in [2.75, 3.05) is 38.5 Å². The number of nitrogens with two attached hydrogens (primary N) is 1. The molecule has 0 radical (unpaired) electrons. The number of nitrogen functional groups attached to an aromatic ring is 1. The largest absolute Gasteiger partial charge is 0.452 e.